The van der Waals surface area contributed by atoms with Gasteiger partial charge in [0.2, 0.25) is 0 Å². The molecule has 0 saturated heterocycles. The van der Waals surface area contributed by atoms with Crippen LogP contribution in [0.3, 0.4) is 0 Å². The van der Waals surface area contributed by atoms with Gasteiger partial charge in [0.15, 0.2) is 0 Å². The topological polar surface area (TPSA) is 57.5 Å². The van der Waals surface area contributed by atoms with Crippen LogP contribution < -0.4 is 0 Å². The third-order valence-corrected chi connectivity index (χ3v) is 6.57. The molecule has 31 heavy (non-hydrogen) atoms. The summed E-state index contributed by atoms with van der Waals surface area (Å²) in [5, 5.41) is 18.7. The minimum Gasteiger partial charge on any atom is -0.481 e. The minimum absolute atomic E-state index is 0.0581. The third kappa shape index (κ3) is 27.4. The van der Waals surface area contributed by atoms with E-state index in [0.29, 0.717) is 6.42 Å². The van der Waals surface area contributed by atoms with Crippen LogP contribution in [-0.4, -0.2) is 22.3 Å². The van der Waals surface area contributed by atoms with Crippen molar-refractivity contribution < 1.29 is 15.0 Å². The maximum absolute atomic E-state index is 10.4. The predicted molar refractivity (Wildman–Crippen MR) is 135 cm³/mol. The number of hydrogen-bond donors (Lipinski definition) is 2. The molecule has 2 N–H and O–H groups in total. The van der Waals surface area contributed by atoms with Crippen LogP contribution in [0.4, 0.5) is 0 Å². The van der Waals surface area contributed by atoms with Gasteiger partial charge >= 0.3 is 5.97 Å². The molecular weight excluding hydrogens is 384 g/mol. The van der Waals surface area contributed by atoms with Gasteiger partial charge in [-0.05, 0) is 19.3 Å². The summed E-state index contributed by atoms with van der Waals surface area (Å²) < 4.78 is 0. The average molecular weight is 441 g/mol. The molecule has 0 aliphatic carbocycles. The molecule has 0 fully saturated rings. The summed E-state index contributed by atoms with van der Waals surface area (Å²) in [4.78, 5) is 10.4. The van der Waals surface area contributed by atoms with Crippen LogP contribution in [0.5, 0.6) is 0 Å². The number of rotatable bonds is 26. The summed E-state index contributed by atoms with van der Waals surface area (Å²) in [6, 6.07) is 0. The molecule has 186 valence electrons. The van der Waals surface area contributed by atoms with Crippen molar-refractivity contribution in [1.29, 1.82) is 0 Å². The number of carboxylic acids is 1. The fourth-order valence-corrected chi connectivity index (χ4v) is 4.44. The number of carboxylic acid groups (broad SMARTS) is 1. The first-order valence-electron chi connectivity index (χ1n) is 14.1. The van der Waals surface area contributed by atoms with Crippen molar-refractivity contribution in [3.63, 3.8) is 0 Å². The van der Waals surface area contributed by atoms with Gasteiger partial charge in [0.05, 0.1) is 6.10 Å². The first-order valence-corrected chi connectivity index (χ1v) is 14.1. The molecule has 0 aromatic rings. The van der Waals surface area contributed by atoms with E-state index in [-0.39, 0.29) is 6.10 Å². The summed E-state index contributed by atoms with van der Waals surface area (Å²) in [5.74, 6) is -0.660. The number of carbonyl (C=O) groups is 1. The summed E-state index contributed by atoms with van der Waals surface area (Å²) >= 11 is 0. The molecule has 0 heterocycles. The molecule has 0 amide bonds. The fourth-order valence-electron chi connectivity index (χ4n) is 4.44. The third-order valence-electron chi connectivity index (χ3n) is 6.57. The van der Waals surface area contributed by atoms with Gasteiger partial charge in [-0.15, -0.1) is 0 Å². The van der Waals surface area contributed by atoms with Gasteiger partial charge in [-0.1, -0.05) is 142 Å². The highest BCUT2D eigenvalue weighted by atomic mass is 16.4. The summed E-state index contributed by atoms with van der Waals surface area (Å²) in [6.07, 6.45) is 30.7. The number of unbranched alkanes of at least 4 members (excludes halogenated alkanes) is 20. The van der Waals surface area contributed by atoms with E-state index in [0.717, 1.165) is 25.7 Å². The Morgan fingerprint density at radius 2 is 0.806 bits per heavy atom. The van der Waals surface area contributed by atoms with E-state index in [1.807, 2.05) is 0 Å². The van der Waals surface area contributed by atoms with Gasteiger partial charge in [-0.3, -0.25) is 4.79 Å². The number of aliphatic hydroxyl groups excluding tert-OH is 1. The van der Waals surface area contributed by atoms with Crippen molar-refractivity contribution in [3.05, 3.63) is 0 Å². The van der Waals surface area contributed by atoms with Crippen molar-refractivity contribution in [2.24, 2.45) is 0 Å². The molecule has 0 aliphatic heterocycles. The van der Waals surface area contributed by atoms with Crippen molar-refractivity contribution in [2.75, 3.05) is 0 Å². The SMILES string of the molecule is CCCCCCCCCCC(O)CCCCCCCCCCCCCCCCC(=O)O. The zero-order valence-electron chi connectivity index (χ0n) is 21.1. The van der Waals surface area contributed by atoms with Gasteiger partial charge < -0.3 is 10.2 Å². The molecule has 0 spiro atoms. The van der Waals surface area contributed by atoms with Crippen LogP contribution in [0.15, 0.2) is 0 Å². The molecule has 0 radical (unpaired) electrons. The molecule has 3 heteroatoms. The van der Waals surface area contributed by atoms with Gasteiger partial charge in [-0.25, -0.2) is 0 Å². The molecule has 1 atom stereocenters. The van der Waals surface area contributed by atoms with Gasteiger partial charge in [0.1, 0.15) is 0 Å². The quantitative estimate of drug-likeness (QED) is 0.132. The molecule has 0 aliphatic rings. The average Bonchev–Trinajstić information content (AvgIpc) is 2.75. The maximum Gasteiger partial charge on any atom is 0.303 e. The smallest absolute Gasteiger partial charge is 0.303 e. The van der Waals surface area contributed by atoms with E-state index < -0.39 is 5.97 Å². The van der Waals surface area contributed by atoms with E-state index in [1.165, 1.54) is 128 Å². The van der Waals surface area contributed by atoms with Gasteiger partial charge in [0.25, 0.3) is 0 Å². The second kappa shape index (κ2) is 25.7. The minimum atomic E-state index is -0.660. The Kier molecular flexibility index (Phi) is 25.2. The lowest BCUT2D eigenvalue weighted by atomic mass is 10.0. The van der Waals surface area contributed by atoms with Crippen molar-refractivity contribution >= 4 is 5.97 Å². The van der Waals surface area contributed by atoms with E-state index in [4.69, 9.17) is 5.11 Å². The Labute approximate surface area is 194 Å². The Bertz CT molecular complexity index is 356. The Morgan fingerprint density at radius 3 is 1.13 bits per heavy atom. The lowest BCUT2D eigenvalue weighted by Gasteiger charge is -2.10. The van der Waals surface area contributed by atoms with Crippen LogP contribution in [0.2, 0.25) is 0 Å². The second-order valence-corrected chi connectivity index (χ2v) is 9.80. The van der Waals surface area contributed by atoms with Gasteiger partial charge in [-0.2, -0.15) is 0 Å². The van der Waals surface area contributed by atoms with Crippen molar-refractivity contribution in [2.45, 2.75) is 174 Å². The zero-order valence-corrected chi connectivity index (χ0v) is 21.1. The van der Waals surface area contributed by atoms with Gasteiger partial charge in [0, 0.05) is 6.42 Å². The van der Waals surface area contributed by atoms with Crippen molar-refractivity contribution in [3.8, 4) is 0 Å². The first kappa shape index (κ1) is 30.4. The molecular formula is C28H56O3. The highest BCUT2D eigenvalue weighted by Crippen LogP contribution is 2.16. The standard InChI is InChI=1S/C28H56O3/c1-2-3-4-5-6-15-18-21-24-27(29)25-22-19-16-13-11-9-7-8-10-12-14-17-20-23-26-28(30)31/h27,29H,2-26H2,1H3,(H,30,31). The normalized spacial score (nSPS) is 12.3. The molecule has 0 saturated carbocycles. The fraction of sp³-hybridized carbons (Fsp3) is 0.964. The number of aliphatic hydroxyl groups is 1. The summed E-state index contributed by atoms with van der Waals surface area (Å²) in [7, 11) is 0. The largest absolute Gasteiger partial charge is 0.481 e. The van der Waals surface area contributed by atoms with Crippen LogP contribution in [0.25, 0.3) is 0 Å². The van der Waals surface area contributed by atoms with Crippen LogP contribution in [0, 0.1) is 0 Å². The Balaban J connectivity index is 3.13. The summed E-state index contributed by atoms with van der Waals surface area (Å²) in [5.41, 5.74) is 0. The van der Waals surface area contributed by atoms with E-state index in [9.17, 15) is 9.90 Å². The number of hydrogen-bond acceptors (Lipinski definition) is 2. The monoisotopic (exact) mass is 440 g/mol. The number of aliphatic carboxylic acids is 1. The molecule has 0 aromatic carbocycles. The van der Waals surface area contributed by atoms with Crippen molar-refractivity contribution in [1.82, 2.24) is 0 Å². The molecule has 1 unspecified atom stereocenters. The Hall–Kier alpha value is -0.570. The lowest BCUT2D eigenvalue weighted by molar-refractivity contribution is -0.137. The van der Waals surface area contributed by atoms with E-state index >= 15 is 0 Å². The molecule has 0 aromatic heterocycles. The summed E-state index contributed by atoms with van der Waals surface area (Å²) in [6.45, 7) is 2.27. The lowest BCUT2D eigenvalue weighted by Crippen LogP contribution is -2.05. The predicted octanol–water partition coefficient (Wildman–Crippen LogP) is 9.20. The molecule has 3 nitrogen and oxygen atoms in total. The second-order valence-electron chi connectivity index (χ2n) is 9.80. The first-order chi connectivity index (χ1) is 15.2. The highest BCUT2D eigenvalue weighted by Gasteiger charge is 2.04. The van der Waals surface area contributed by atoms with Crippen LogP contribution >= 0.6 is 0 Å². The molecule has 0 rings (SSSR count). The van der Waals surface area contributed by atoms with Crippen LogP contribution in [0.1, 0.15) is 167 Å². The van der Waals surface area contributed by atoms with Crippen LogP contribution in [-0.2, 0) is 4.79 Å². The Morgan fingerprint density at radius 1 is 0.516 bits per heavy atom. The van der Waals surface area contributed by atoms with E-state index in [2.05, 4.69) is 6.92 Å². The zero-order chi connectivity index (χ0) is 22.8. The molecule has 0 bridgehead atoms. The maximum atomic E-state index is 10.4. The van der Waals surface area contributed by atoms with E-state index in [1.54, 1.807) is 0 Å². The highest BCUT2D eigenvalue weighted by molar-refractivity contribution is 5.66.